The first kappa shape index (κ1) is 22.1. The molecule has 2 aliphatic heterocycles. The summed E-state index contributed by atoms with van der Waals surface area (Å²) < 4.78 is 33.7. The Labute approximate surface area is 200 Å². The van der Waals surface area contributed by atoms with E-state index in [1.807, 2.05) is 31.2 Å². The monoisotopic (exact) mass is 477 g/mol. The Morgan fingerprint density at radius 2 is 1.91 bits per heavy atom. The molecular formula is C26H25F2N5O2. The zero-order valence-electron chi connectivity index (χ0n) is 19.5. The highest BCUT2D eigenvalue weighted by molar-refractivity contribution is 5.83. The van der Waals surface area contributed by atoms with Gasteiger partial charge in [0.05, 0.1) is 23.1 Å². The van der Waals surface area contributed by atoms with Crippen molar-refractivity contribution in [2.75, 3.05) is 0 Å². The van der Waals surface area contributed by atoms with Gasteiger partial charge >= 0.3 is 6.61 Å². The van der Waals surface area contributed by atoms with Crippen molar-refractivity contribution in [1.82, 2.24) is 24.8 Å². The van der Waals surface area contributed by atoms with Crippen molar-refractivity contribution in [2.24, 2.45) is 0 Å². The number of nitrogens with one attached hydrogen (secondary N) is 1. The lowest BCUT2D eigenvalue weighted by Crippen LogP contribution is -2.24. The van der Waals surface area contributed by atoms with E-state index >= 15 is 0 Å². The van der Waals surface area contributed by atoms with E-state index in [9.17, 15) is 13.9 Å². The first-order chi connectivity index (χ1) is 16.7. The molecule has 2 aromatic carbocycles. The van der Waals surface area contributed by atoms with E-state index in [1.54, 1.807) is 38.4 Å². The van der Waals surface area contributed by atoms with E-state index in [-0.39, 0.29) is 23.9 Å². The normalized spacial score (nSPS) is 21.2. The van der Waals surface area contributed by atoms with E-state index in [0.717, 1.165) is 39.1 Å². The van der Waals surface area contributed by atoms with Gasteiger partial charge in [0, 0.05) is 29.6 Å². The predicted octanol–water partition coefficient (Wildman–Crippen LogP) is 5.02. The molecule has 0 saturated carbocycles. The lowest BCUT2D eigenvalue weighted by Gasteiger charge is -2.25. The van der Waals surface area contributed by atoms with Gasteiger partial charge in [0.1, 0.15) is 17.2 Å². The minimum absolute atomic E-state index is 0.00736. The topological polar surface area (TPSA) is 85.1 Å². The fraction of sp³-hybridized carbons (Fsp3) is 0.346. The third-order valence-corrected chi connectivity index (χ3v) is 6.90. The van der Waals surface area contributed by atoms with Gasteiger partial charge in [0.25, 0.3) is 0 Å². The highest BCUT2D eigenvalue weighted by Gasteiger charge is 2.41. The van der Waals surface area contributed by atoms with Gasteiger partial charge in [-0.2, -0.15) is 8.78 Å². The van der Waals surface area contributed by atoms with E-state index in [4.69, 9.17) is 9.72 Å². The van der Waals surface area contributed by atoms with Gasteiger partial charge < -0.3 is 19.7 Å². The number of ether oxygens (including phenoxy) is 1. The average Bonchev–Trinajstić information content (AvgIpc) is 3.30. The molecule has 0 spiro atoms. The molecule has 0 saturated heterocycles. The molecule has 0 amide bonds. The lowest BCUT2D eigenvalue weighted by molar-refractivity contribution is -0.0507. The van der Waals surface area contributed by atoms with Gasteiger partial charge in [-0.05, 0) is 56.5 Å². The molecule has 0 aliphatic carbocycles. The Kier molecular flexibility index (Phi) is 4.91. The fourth-order valence-electron chi connectivity index (χ4n) is 5.37. The van der Waals surface area contributed by atoms with E-state index in [1.165, 1.54) is 0 Å². The summed E-state index contributed by atoms with van der Waals surface area (Å²) in [4.78, 5) is 13.6. The summed E-state index contributed by atoms with van der Waals surface area (Å²) in [5.41, 5.74) is 4.05. The summed E-state index contributed by atoms with van der Waals surface area (Å²) in [5.74, 6) is 1.44. The predicted molar refractivity (Wildman–Crippen MR) is 126 cm³/mol. The van der Waals surface area contributed by atoms with Gasteiger partial charge in [-0.15, -0.1) is 0 Å². The van der Waals surface area contributed by atoms with E-state index in [0.29, 0.717) is 12.2 Å². The molecule has 0 radical (unpaired) electrons. The summed E-state index contributed by atoms with van der Waals surface area (Å²) in [5, 5.41) is 13.8. The van der Waals surface area contributed by atoms with Crippen LogP contribution in [0.25, 0.3) is 22.2 Å². The summed E-state index contributed by atoms with van der Waals surface area (Å²) in [7, 11) is 0. The smallest absolute Gasteiger partial charge is 0.387 e. The van der Waals surface area contributed by atoms with Crippen LogP contribution in [0.3, 0.4) is 0 Å². The lowest BCUT2D eigenvalue weighted by atomic mass is 9.95. The second kappa shape index (κ2) is 7.79. The number of aliphatic hydroxyl groups is 1. The third-order valence-electron chi connectivity index (χ3n) is 6.90. The quantitative estimate of drug-likeness (QED) is 0.429. The minimum atomic E-state index is -2.90. The van der Waals surface area contributed by atoms with Gasteiger partial charge in [-0.1, -0.05) is 18.2 Å². The highest BCUT2D eigenvalue weighted by Crippen LogP contribution is 2.49. The summed E-state index contributed by atoms with van der Waals surface area (Å²) in [6.45, 7) is 2.42. The highest BCUT2D eigenvalue weighted by atomic mass is 19.3. The maximum absolute atomic E-state index is 13.3. The number of halogens is 2. The Morgan fingerprint density at radius 1 is 1.14 bits per heavy atom. The van der Waals surface area contributed by atoms with Crippen LogP contribution in [-0.4, -0.2) is 31.2 Å². The molecule has 9 heteroatoms. The number of imidazole rings is 1. The van der Waals surface area contributed by atoms with Crippen LogP contribution in [0.5, 0.6) is 5.75 Å². The molecule has 35 heavy (non-hydrogen) atoms. The number of fused-ring (bicyclic) bond motifs is 9. The van der Waals surface area contributed by atoms with Crippen LogP contribution in [0.1, 0.15) is 68.1 Å². The molecule has 0 unspecified atom stereocenters. The Bertz CT molecular complexity index is 1430. The first-order valence-corrected chi connectivity index (χ1v) is 11.6. The summed E-state index contributed by atoms with van der Waals surface area (Å²) in [6.07, 6.45) is 4.09. The molecule has 4 heterocycles. The maximum atomic E-state index is 13.3. The molecule has 0 fully saturated rings. The minimum Gasteiger partial charge on any atom is -0.434 e. The number of hydrogen-bond acceptors (Lipinski definition) is 6. The number of nitrogens with zero attached hydrogens (tertiary/aromatic N) is 4. The van der Waals surface area contributed by atoms with Crippen molar-refractivity contribution in [3.63, 3.8) is 0 Å². The number of alkyl halides is 2. The fourth-order valence-corrected chi connectivity index (χ4v) is 5.37. The first-order valence-electron chi connectivity index (χ1n) is 11.6. The Balaban J connectivity index is 1.49. The van der Waals surface area contributed by atoms with E-state index in [2.05, 4.69) is 19.9 Å². The summed E-state index contributed by atoms with van der Waals surface area (Å²) >= 11 is 0. The SMILES string of the molecule is C[C@@H]1N[C@@H]2C[C@H](c3c(OC(F)F)cccc31)n1c2nc2ccc(-c3cnc(C(C)(C)O)nc3)cc21. The molecule has 6 rings (SSSR count). The van der Waals surface area contributed by atoms with Crippen molar-refractivity contribution in [3.8, 4) is 16.9 Å². The zero-order chi connectivity index (χ0) is 24.5. The van der Waals surface area contributed by atoms with Gasteiger partial charge in [0.2, 0.25) is 0 Å². The standard InChI is InChI=1S/C26H25F2N5O2/c1-13-16-5-4-6-21(35-25(27)28)22(16)20-10-18(31-13)23-32-17-8-7-14(9-19(17)33(20)23)15-11-29-24(30-12-15)26(2,3)34/h4-9,11-13,18,20,25,31,34H,10H2,1-3H3/t13-,18+,20+/m0/s1. The largest absolute Gasteiger partial charge is 0.434 e. The van der Waals surface area contributed by atoms with Crippen LogP contribution in [0.4, 0.5) is 8.78 Å². The Morgan fingerprint density at radius 3 is 2.63 bits per heavy atom. The molecule has 3 atom stereocenters. The second-order valence-electron chi connectivity index (χ2n) is 9.73. The summed E-state index contributed by atoms with van der Waals surface area (Å²) in [6, 6.07) is 11.1. The molecule has 7 nitrogen and oxygen atoms in total. The van der Waals surface area contributed by atoms with Crippen LogP contribution in [0, 0.1) is 0 Å². The molecule has 180 valence electrons. The third kappa shape index (κ3) is 3.57. The molecular weight excluding hydrogens is 452 g/mol. The van der Waals surface area contributed by atoms with Crippen LogP contribution < -0.4 is 10.1 Å². The number of aromatic nitrogens is 4. The van der Waals surface area contributed by atoms with Gasteiger partial charge in [-0.25, -0.2) is 15.0 Å². The van der Waals surface area contributed by atoms with Crippen molar-refractivity contribution in [1.29, 1.82) is 0 Å². The molecule has 2 N–H and O–H groups in total. The van der Waals surface area contributed by atoms with Gasteiger partial charge in [-0.3, -0.25) is 0 Å². The Hall–Kier alpha value is -3.43. The molecule has 4 aromatic rings. The van der Waals surface area contributed by atoms with Crippen LogP contribution in [0.15, 0.2) is 48.8 Å². The van der Waals surface area contributed by atoms with E-state index < -0.39 is 12.2 Å². The number of rotatable bonds is 4. The van der Waals surface area contributed by atoms with Crippen LogP contribution in [0.2, 0.25) is 0 Å². The average molecular weight is 478 g/mol. The van der Waals surface area contributed by atoms with Gasteiger partial charge in [0.15, 0.2) is 5.82 Å². The number of benzene rings is 2. The van der Waals surface area contributed by atoms with Crippen molar-refractivity contribution in [2.45, 2.75) is 57.5 Å². The molecule has 2 aliphatic rings. The van der Waals surface area contributed by atoms with Crippen molar-refractivity contribution < 1.29 is 18.6 Å². The van der Waals surface area contributed by atoms with Crippen molar-refractivity contribution in [3.05, 3.63) is 71.6 Å². The second-order valence-corrected chi connectivity index (χ2v) is 9.73. The molecule has 2 aromatic heterocycles. The number of hydrogen-bond donors (Lipinski definition) is 2. The maximum Gasteiger partial charge on any atom is 0.387 e. The van der Waals surface area contributed by atoms with Crippen molar-refractivity contribution >= 4 is 11.0 Å². The van der Waals surface area contributed by atoms with Crippen LogP contribution >= 0.6 is 0 Å². The van der Waals surface area contributed by atoms with Crippen LogP contribution in [-0.2, 0) is 5.60 Å². The molecule has 2 bridgehead atoms. The zero-order valence-corrected chi connectivity index (χ0v) is 19.5.